The molecule has 0 amide bonds. The molecule has 0 saturated heterocycles. The molecule has 0 aliphatic heterocycles. The van der Waals surface area contributed by atoms with Crippen molar-refractivity contribution >= 4 is 26.7 Å². The van der Waals surface area contributed by atoms with Gasteiger partial charge in [0.15, 0.2) is 0 Å². The Hall–Kier alpha value is -1.75. The lowest BCUT2D eigenvalue weighted by Crippen LogP contribution is -2.29. The summed E-state index contributed by atoms with van der Waals surface area (Å²) in [5.74, 6) is 5.74. The first-order valence-electron chi connectivity index (χ1n) is 6.81. The molecule has 3 aromatic rings. The second kappa shape index (κ2) is 6.35. The van der Waals surface area contributed by atoms with Gasteiger partial charge in [0.25, 0.3) is 0 Å². The molecule has 4 heteroatoms. The number of halogens is 1. The number of hydrogen-bond donors (Lipinski definition) is 2. The fraction of sp³-hybridized carbons (Fsp3) is 0.118. The van der Waals surface area contributed by atoms with Crippen LogP contribution < -0.4 is 11.3 Å². The number of fused-ring (bicyclic) bond motifs is 1. The lowest BCUT2D eigenvalue weighted by Gasteiger charge is -2.16. The zero-order chi connectivity index (χ0) is 14.7. The highest BCUT2D eigenvalue weighted by Gasteiger charge is 2.12. The van der Waals surface area contributed by atoms with Gasteiger partial charge < -0.3 is 0 Å². The molecule has 1 atom stereocenters. The maximum Gasteiger partial charge on any atom is 0.0515 e. The molecule has 0 aliphatic carbocycles. The van der Waals surface area contributed by atoms with Crippen LogP contribution in [0.25, 0.3) is 10.8 Å². The van der Waals surface area contributed by atoms with Gasteiger partial charge in [0.05, 0.1) is 6.04 Å². The first-order chi connectivity index (χ1) is 10.3. The average Bonchev–Trinajstić information content (AvgIpc) is 2.54. The normalized spacial score (nSPS) is 12.5. The number of nitrogens with zero attached hydrogens (tertiary/aromatic N) is 1. The highest BCUT2D eigenvalue weighted by Crippen LogP contribution is 2.22. The van der Waals surface area contributed by atoms with Gasteiger partial charge in [-0.1, -0.05) is 36.4 Å². The summed E-state index contributed by atoms with van der Waals surface area (Å²) < 4.78 is 0.981. The molecule has 0 fully saturated rings. The number of pyridine rings is 1. The summed E-state index contributed by atoms with van der Waals surface area (Å²) in [4.78, 5) is 4.41. The van der Waals surface area contributed by atoms with E-state index in [9.17, 15) is 0 Å². The van der Waals surface area contributed by atoms with Gasteiger partial charge in [0.1, 0.15) is 0 Å². The van der Waals surface area contributed by atoms with Crippen molar-refractivity contribution in [1.29, 1.82) is 0 Å². The Kier molecular flexibility index (Phi) is 4.29. The minimum atomic E-state index is 0.0447. The van der Waals surface area contributed by atoms with Gasteiger partial charge in [0, 0.05) is 22.8 Å². The van der Waals surface area contributed by atoms with Gasteiger partial charge >= 0.3 is 0 Å². The van der Waals surface area contributed by atoms with Gasteiger partial charge in [-0.2, -0.15) is 0 Å². The second-order valence-corrected chi connectivity index (χ2v) is 5.91. The van der Waals surface area contributed by atoms with Crippen molar-refractivity contribution in [2.45, 2.75) is 12.5 Å². The molecule has 1 heterocycles. The summed E-state index contributed by atoms with van der Waals surface area (Å²) in [6.45, 7) is 0. The van der Waals surface area contributed by atoms with Crippen molar-refractivity contribution in [3.8, 4) is 0 Å². The zero-order valence-electron chi connectivity index (χ0n) is 11.5. The molecule has 0 radical (unpaired) electrons. The van der Waals surface area contributed by atoms with Crippen LogP contribution in [0.15, 0.2) is 65.3 Å². The van der Waals surface area contributed by atoms with E-state index in [0.29, 0.717) is 0 Å². The minimum absolute atomic E-state index is 0.0447. The van der Waals surface area contributed by atoms with Crippen LogP contribution in [0, 0.1) is 0 Å². The third-order valence-corrected chi connectivity index (χ3v) is 4.05. The van der Waals surface area contributed by atoms with Crippen molar-refractivity contribution in [2.75, 3.05) is 0 Å². The number of rotatable bonds is 4. The highest BCUT2D eigenvalue weighted by molar-refractivity contribution is 9.10. The molecule has 3 nitrogen and oxygen atoms in total. The van der Waals surface area contributed by atoms with Crippen LogP contribution in [0.1, 0.15) is 17.3 Å². The van der Waals surface area contributed by atoms with Crippen molar-refractivity contribution < 1.29 is 0 Å². The maximum absolute atomic E-state index is 5.74. The third kappa shape index (κ3) is 3.29. The molecule has 0 bridgehead atoms. The van der Waals surface area contributed by atoms with E-state index in [0.717, 1.165) is 16.6 Å². The first kappa shape index (κ1) is 14.2. The standard InChI is InChI=1S/C17H16BrN3/c18-15-7-8-16(20-11-15)10-17(21-19)14-6-5-12-3-1-2-4-13(12)9-14/h1-9,11,17,21H,10,19H2. The van der Waals surface area contributed by atoms with Crippen LogP contribution in [0.5, 0.6) is 0 Å². The zero-order valence-corrected chi connectivity index (χ0v) is 13.0. The highest BCUT2D eigenvalue weighted by atomic mass is 79.9. The van der Waals surface area contributed by atoms with Gasteiger partial charge in [-0.15, -0.1) is 0 Å². The lowest BCUT2D eigenvalue weighted by molar-refractivity contribution is 0.546. The molecule has 1 aromatic heterocycles. The fourth-order valence-corrected chi connectivity index (χ4v) is 2.67. The molecule has 3 rings (SSSR count). The Labute approximate surface area is 132 Å². The van der Waals surface area contributed by atoms with Crippen molar-refractivity contribution in [3.05, 3.63) is 76.5 Å². The van der Waals surface area contributed by atoms with E-state index in [-0.39, 0.29) is 6.04 Å². The van der Waals surface area contributed by atoms with Crippen LogP contribution in [0.3, 0.4) is 0 Å². The second-order valence-electron chi connectivity index (χ2n) is 5.00. The third-order valence-electron chi connectivity index (χ3n) is 3.58. The predicted octanol–water partition coefficient (Wildman–Crippen LogP) is 3.74. The summed E-state index contributed by atoms with van der Waals surface area (Å²) >= 11 is 3.40. The summed E-state index contributed by atoms with van der Waals surface area (Å²) in [5.41, 5.74) is 5.07. The molecule has 106 valence electrons. The van der Waals surface area contributed by atoms with Crippen LogP contribution in [0.2, 0.25) is 0 Å². The molecule has 0 saturated carbocycles. The Bertz CT molecular complexity index is 740. The summed E-state index contributed by atoms with van der Waals surface area (Å²) in [6.07, 6.45) is 2.56. The SMILES string of the molecule is NNC(Cc1ccc(Br)cn1)c1ccc2ccccc2c1. The first-order valence-corrected chi connectivity index (χ1v) is 7.61. The molecule has 21 heavy (non-hydrogen) atoms. The van der Waals surface area contributed by atoms with Crippen LogP contribution in [-0.4, -0.2) is 4.98 Å². The van der Waals surface area contributed by atoms with E-state index in [1.807, 2.05) is 30.5 Å². The van der Waals surface area contributed by atoms with Gasteiger partial charge in [-0.25, -0.2) is 0 Å². The van der Waals surface area contributed by atoms with Crippen LogP contribution in [-0.2, 0) is 6.42 Å². The molecule has 1 unspecified atom stereocenters. The van der Waals surface area contributed by atoms with Crippen molar-refractivity contribution in [1.82, 2.24) is 10.4 Å². The summed E-state index contributed by atoms with van der Waals surface area (Å²) in [5, 5.41) is 2.46. The Morgan fingerprint density at radius 3 is 2.57 bits per heavy atom. The van der Waals surface area contributed by atoms with E-state index in [1.165, 1.54) is 16.3 Å². The molecular formula is C17H16BrN3. The van der Waals surface area contributed by atoms with Crippen molar-refractivity contribution in [2.24, 2.45) is 5.84 Å². The van der Waals surface area contributed by atoms with E-state index in [4.69, 9.17) is 5.84 Å². The smallest absolute Gasteiger partial charge is 0.0515 e. The van der Waals surface area contributed by atoms with E-state index < -0.39 is 0 Å². The number of nitrogens with one attached hydrogen (secondary N) is 1. The minimum Gasteiger partial charge on any atom is -0.271 e. The lowest BCUT2D eigenvalue weighted by atomic mass is 9.99. The Balaban J connectivity index is 1.88. The number of nitrogens with two attached hydrogens (primary N) is 1. The molecule has 2 aromatic carbocycles. The molecule has 0 aliphatic rings. The number of aromatic nitrogens is 1. The van der Waals surface area contributed by atoms with Gasteiger partial charge in [-0.05, 0) is 50.5 Å². The predicted molar refractivity (Wildman–Crippen MR) is 89.7 cm³/mol. The quantitative estimate of drug-likeness (QED) is 0.561. The van der Waals surface area contributed by atoms with Crippen LogP contribution >= 0.6 is 15.9 Å². The number of benzene rings is 2. The molecule has 3 N–H and O–H groups in total. The maximum atomic E-state index is 5.74. The van der Waals surface area contributed by atoms with Gasteiger partial charge in [-0.3, -0.25) is 16.3 Å². The molecule has 0 spiro atoms. The molecular weight excluding hydrogens is 326 g/mol. The topological polar surface area (TPSA) is 50.9 Å². The Morgan fingerprint density at radius 1 is 1.05 bits per heavy atom. The monoisotopic (exact) mass is 341 g/mol. The fourth-order valence-electron chi connectivity index (χ4n) is 2.43. The van der Waals surface area contributed by atoms with Crippen molar-refractivity contribution in [3.63, 3.8) is 0 Å². The largest absolute Gasteiger partial charge is 0.271 e. The Morgan fingerprint density at radius 2 is 1.86 bits per heavy atom. The average molecular weight is 342 g/mol. The van der Waals surface area contributed by atoms with Gasteiger partial charge in [0.2, 0.25) is 0 Å². The van der Waals surface area contributed by atoms with E-state index in [1.54, 1.807) is 0 Å². The summed E-state index contributed by atoms with van der Waals surface area (Å²) in [6, 6.07) is 18.8. The number of hydrazine groups is 1. The number of hydrogen-bond acceptors (Lipinski definition) is 3. The van der Waals surface area contributed by atoms with Crippen LogP contribution in [0.4, 0.5) is 0 Å². The van der Waals surface area contributed by atoms with E-state index in [2.05, 4.69) is 56.7 Å². The summed E-state index contributed by atoms with van der Waals surface area (Å²) in [7, 11) is 0. The van der Waals surface area contributed by atoms with E-state index >= 15 is 0 Å².